The lowest BCUT2D eigenvalue weighted by Gasteiger charge is -2.42. The van der Waals surface area contributed by atoms with Gasteiger partial charge < -0.3 is 9.32 Å². The van der Waals surface area contributed by atoms with Gasteiger partial charge in [-0.1, -0.05) is 201 Å². The molecule has 2 heteroatoms. The van der Waals surface area contributed by atoms with Gasteiger partial charge in [-0.3, -0.25) is 0 Å². The molecule has 2 nitrogen and oxygen atoms in total. The van der Waals surface area contributed by atoms with Crippen molar-refractivity contribution in [2.24, 2.45) is 5.92 Å². The molecule has 3 unspecified atom stereocenters. The van der Waals surface area contributed by atoms with Crippen molar-refractivity contribution < 1.29 is 4.42 Å². The van der Waals surface area contributed by atoms with Crippen molar-refractivity contribution in [3.63, 3.8) is 0 Å². The van der Waals surface area contributed by atoms with E-state index in [1.807, 2.05) is 0 Å². The number of benzene rings is 8. The zero-order valence-electron chi connectivity index (χ0n) is 34.5. The number of allylic oxidation sites excluding steroid dienone is 2. The van der Waals surface area contributed by atoms with Crippen molar-refractivity contribution in [1.82, 2.24) is 0 Å². The van der Waals surface area contributed by atoms with Crippen LogP contribution in [0.25, 0.3) is 66.8 Å². The largest absolute Gasteiger partial charge is 0.458 e. The highest BCUT2D eigenvalue weighted by molar-refractivity contribution is 5.99. The summed E-state index contributed by atoms with van der Waals surface area (Å²) >= 11 is 0. The number of para-hydroxylation sites is 1. The zero-order valence-corrected chi connectivity index (χ0v) is 34.5. The Morgan fingerprint density at radius 1 is 0.532 bits per heavy atom. The minimum absolute atomic E-state index is 0.0000884. The molecule has 62 heavy (non-hydrogen) atoms. The molecular weight excluding hydrogens is 751 g/mol. The Hall–Kier alpha value is -7.42. The van der Waals surface area contributed by atoms with Gasteiger partial charge in [0.2, 0.25) is 0 Å². The van der Waals surface area contributed by atoms with Crippen LogP contribution in [0.15, 0.2) is 211 Å². The molecule has 8 aromatic carbocycles. The number of nitrogens with zero attached hydrogens (tertiary/aromatic N) is 1. The first-order valence-electron chi connectivity index (χ1n) is 22.1. The Bertz CT molecular complexity index is 3320. The second-order valence-electron chi connectivity index (χ2n) is 17.5. The molecular formula is C60H43NO. The van der Waals surface area contributed by atoms with Crippen molar-refractivity contribution in [1.29, 1.82) is 0 Å². The molecule has 0 N–H and O–H groups in total. The molecule has 0 aliphatic heterocycles. The van der Waals surface area contributed by atoms with E-state index in [4.69, 9.17) is 4.42 Å². The molecule has 9 aromatic rings. The van der Waals surface area contributed by atoms with Crippen LogP contribution in [-0.4, -0.2) is 6.04 Å². The molecule has 4 aliphatic rings. The summed E-state index contributed by atoms with van der Waals surface area (Å²) in [5.74, 6) is 1.24. The number of furan rings is 1. The second kappa shape index (κ2) is 13.5. The van der Waals surface area contributed by atoms with Crippen molar-refractivity contribution in [3.05, 3.63) is 245 Å². The lowest BCUT2D eigenvalue weighted by Crippen LogP contribution is -2.42. The first-order chi connectivity index (χ1) is 30.7. The van der Waals surface area contributed by atoms with Crippen LogP contribution in [-0.2, 0) is 5.41 Å². The average molecular weight is 794 g/mol. The van der Waals surface area contributed by atoms with Crippen LogP contribution >= 0.6 is 0 Å². The van der Waals surface area contributed by atoms with Crippen molar-refractivity contribution >= 4 is 39.1 Å². The van der Waals surface area contributed by atoms with Crippen molar-refractivity contribution in [2.45, 2.75) is 30.8 Å². The van der Waals surface area contributed by atoms with Gasteiger partial charge in [0.25, 0.3) is 0 Å². The monoisotopic (exact) mass is 793 g/mol. The van der Waals surface area contributed by atoms with Crippen LogP contribution in [0.5, 0.6) is 0 Å². The van der Waals surface area contributed by atoms with Crippen LogP contribution in [0, 0.1) is 5.92 Å². The van der Waals surface area contributed by atoms with Crippen LogP contribution < -0.4 is 4.90 Å². The van der Waals surface area contributed by atoms with Crippen LogP contribution in [0.2, 0.25) is 0 Å². The van der Waals surface area contributed by atoms with Crippen LogP contribution in [0.1, 0.15) is 58.5 Å². The van der Waals surface area contributed by atoms with E-state index in [-0.39, 0.29) is 23.4 Å². The summed E-state index contributed by atoms with van der Waals surface area (Å²) in [5, 5.41) is 3.65. The van der Waals surface area contributed by atoms with Gasteiger partial charge in [0.15, 0.2) is 0 Å². The highest BCUT2D eigenvalue weighted by atomic mass is 16.3. The zero-order chi connectivity index (χ0) is 40.9. The van der Waals surface area contributed by atoms with E-state index in [0.29, 0.717) is 0 Å². The number of fused-ring (bicyclic) bond motifs is 14. The number of rotatable bonds is 5. The molecule has 294 valence electrons. The van der Waals surface area contributed by atoms with Gasteiger partial charge in [0.05, 0.1) is 17.5 Å². The Labute approximate surface area is 362 Å². The minimum atomic E-state index is -0.367. The predicted molar refractivity (Wildman–Crippen MR) is 257 cm³/mol. The topological polar surface area (TPSA) is 16.4 Å². The maximum Gasteiger partial charge on any atom is 0.142 e. The second-order valence-corrected chi connectivity index (χ2v) is 17.5. The highest BCUT2D eigenvalue weighted by Crippen LogP contribution is 2.63. The van der Waals surface area contributed by atoms with E-state index < -0.39 is 0 Å². The van der Waals surface area contributed by atoms with Gasteiger partial charge in [0.1, 0.15) is 11.3 Å². The van der Waals surface area contributed by atoms with Crippen LogP contribution in [0.3, 0.4) is 0 Å². The third kappa shape index (κ3) is 4.98. The molecule has 1 spiro atoms. The summed E-state index contributed by atoms with van der Waals surface area (Å²) < 4.78 is 7.13. The third-order valence-electron chi connectivity index (χ3n) is 14.3. The van der Waals surface area contributed by atoms with Gasteiger partial charge in [-0.25, -0.2) is 0 Å². The van der Waals surface area contributed by atoms with Crippen molar-refractivity contribution in [2.75, 3.05) is 4.90 Å². The lowest BCUT2D eigenvalue weighted by atomic mass is 9.70. The summed E-state index contributed by atoms with van der Waals surface area (Å²) in [5.41, 5.74) is 18.6. The first-order valence-corrected chi connectivity index (χ1v) is 22.1. The maximum atomic E-state index is 7.13. The Kier molecular flexibility index (Phi) is 7.72. The molecule has 0 amide bonds. The quantitative estimate of drug-likeness (QED) is 0.173. The molecule has 3 atom stereocenters. The standard InChI is InChI=1S/C60H43NO/c1-38-35-42(43-30-33-49-48-21-9-12-27-54(48)60(55(49)37-43)52-25-10-7-19-46(52)47-20-8-11-26-53(47)60)31-34-56(38)61(44-32-29-39-15-5-6-18-41(39)36-44)57-28-14-24-51-50-23-13-22-45(58(50)62-59(51)57)40-16-3-2-4-17-40/h2-27,29-38,56-57H,28H2,1H3. The van der Waals surface area contributed by atoms with E-state index in [1.54, 1.807) is 0 Å². The van der Waals surface area contributed by atoms with Crippen molar-refractivity contribution in [3.8, 4) is 33.4 Å². The third-order valence-corrected chi connectivity index (χ3v) is 14.3. The molecule has 0 saturated heterocycles. The van der Waals surface area contributed by atoms with E-state index in [1.165, 1.54) is 88.6 Å². The summed E-state index contributed by atoms with van der Waals surface area (Å²) in [6.45, 7) is 2.39. The van der Waals surface area contributed by atoms with E-state index in [9.17, 15) is 0 Å². The van der Waals surface area contributed by atoms with Crippen LogP contribution in [0.4, 0.5) is 5.69 Å². The molecule has 1 heterocycles. The van der Waals surface area contributed by atoms with Gasteiger partial charge >= 0.3 is 0 Å². The summed E-state index contributed by atoms with van der Waals surface area (Å²) in [6.07, 6.45) is 12.8. The normalized spacial score (nSPS) is 18.6. The van der Waals surface area contributed by atoms with E-state index >= 15 is 0 Å². The maximum absolute atomic E-state index is 7.13. The molecule has 0 bridgehead atoms. The summed E-state index contributed by atoms with van der Waals surface area (Å²) in [7, 11) is 0. The molecule has 1 aromatic heterocycles. The van der Waals surface area contributed by atoms with Gasteiger partial charge in [0, 0.05) is 22.2 Å². The summed E-state index contributed by atoms with van der Waals surface area (Å²) in [6, 6.07) is 67.4. The summed E-state index contributed by atoms with van der Waals surface area (Å²) in [4.78, 5) is 2.65. The number of hydrogen-bond acceptors (Lipinski definition) is 2. The Morgan fingerprint density at radius 2 is 1.18 bits per heavy atom. The molecule has 0 saturated carbocycles. The smallest absolute Gasteiger partial charge is 0.142 e. The highest BCUT2D eigenvalue weighted by Gasteiger charge is 2.51. The fourth-order valence-corrected chi connectivity index (χ4v) is 11.6. The lowest BCUT2D eigenvalue weighted by molar-refractivity contribution is 0.430. The van der Waals surface area contributed by atoms with E-state index in [2.05, 4.69) is 224 Å². The first kappa shape index (κ1) is 35.3. The molecule has 13 rings (SSSR count). The molecule has 0 fully saturated rings. The average Bonchev–Trinajstić information content (AvgIpc) is 3.97. The van der Waals surface area contributed by atoms with E-state index in [0.717, 1.165) is 23.3 Å². The Morgan fingerprint density at radius 3 is 1.90 bits per heavy atom. The number of hydrogen-bond donors (Lipinski definition) is 0. The van der Waals surface area contributed by atoms with Gasteiger partial charge in [-0.2, -0.15) is 0 Å². The number of anilines is 1. The van der Waals surface area contributed by atoms with Gasteiger partial charge in [-0.15, -0.1) is 0 Å². The molecule has 4 aliphatic carbocycles. The minimum Gasteiger partial charge on any atom is -0.458 e. The fraction of sp³-hybridized carbons (Fsp3) is 0.100. The Balaban J connectivity index is 0.932. The predicted octanol–water partition coefficient (Wildman–Crippen LogP) is 15.2. The fourth-order valence-electron chi connectivity index (χ4n) is 11.6. The van der Waals surface area contributed by atoms with Gasteiger partial charge in [-0.05, 0) is 103 Å². The SMILES string of the molecule is CC1C=C(c2ccc3c(c2)C2(c4ccccc4-c4ccccc42)c2ccccc2-3)C=CC1N(c1ccc2ccccc2c1)C1CC=Cc2c1oc1c(-c3ccccc3)cccc21. The molecule has 0 radical (unpaired) electrons.